The van der Waals surface area contributed by atoms with Crippen LogP contribution in [-0.2, 0) is 10.2 Å². The normalized spacial score (nSPS) is 34.2. The van der Waals surface area contributed by atoms with E-state index >= 15 is 0 Å². The molecule has 0 aromatic heterocycles. The van der Waals surface area contributed by atoms with Gasteiger partial charge in [0.15, 0.2) is 0 Å². The van der Waals surface area contributed by atoms with Crippen LogP contribution in [0.2, 0.25) is 0 Å². The third-order valence-electron chi connectivity index (χ3n) is 5.46. The predicted molar refractivity (Wildman–Crippen MR) is 89.0 cm³/mol. The molecule has 5 nitrogen and oxygen atoms in total. The summed E-state index contributed by atoms with van der Waals surface area (Å²) in [6.45, 7) is 2.64. The summed E-state index contributed by atoms with van der Waals surface area (Å²) >= 11 is 0. The average molecular weight is 339 g/mol. The first kappa shape index (κ1) is 16.6. The van der Waals surface area contributed by atoms with Gasteiger partial charge in [0, 0.05) is 42.4 Å². The van der Waals surface area contributed by atoms with Crippen LogP contribution in [0.15, 0.2) is 24.3 Å². The largest absolute Gasteiger partial charge is 0.493 e. The Balaban J connectivity index is 0.00000156. The molecule has 0 radical (unpaired) electrons. The first-order valence-corrected chi connectivity index (χ1v) is 8.09. The summed E-state index contributed by atoms with van der Waals surface area (Å²) < 4.78 is 5.71. The van der Waals surface area contributed by atoms with Crippen molar-refractivity contribution >= 4 is 18.3 Å². The maximum Gasteiger partial charge on any atom is 0.224 e. The Bertz CT molecular complexity index is 597. The van der Waals surface area contributed by atoms with E-state index in [0.29, 0.717) is 19.7 Å². The zero-order valence-corrected chi connectivity index (χ0v) is 13.8. The Hall–Kier alpha value is -1.30. The van der Waals surface area contributed by atoms with Gasteiger partial charge in [0.1, 0.15) is 5.75 Å². The van der Waals surface area contributed by atoms with Crippen LogP contribution >= 0.6 is 12.4 Å². The molecule has 1 aromatic carbocycles. The van der Waals surface area contributed by atoms with E-state index < -0.39 is 0 Å². The van der Waals surface area contributed by atoms with Gasteiger partial charge >= 0.3 is 0 Å². The molecule has 6 heteroatoms. The summed E-state index contributed by atoms with van der Waals surface area (Å²) in [5.41, 5.74) is 1.16. The fourth-order valence-electron chi connectivity index (χ4n) is 3.99. The number of aliphatic hydroxyl groups excluding tert-OH is 1. The Labute approximate surface area is 142 Å². The van der Waals surface area contributed by atoms with Gasteiger partial charge in [0.25, 0.3) is 0 Å². The van der Waals surface area contributed by atoms with Crippen LogP contribution in [0.5, 0.6) is 5.75 Å². The second-order valence-electron chi connectivity index (χ2n) is 6.74. The minimum atomic E-state index is -0.350. The fourth-order valence-corrected chi connectivity index (χ4v) is 3.99. The molecular weight excluding hydrogens is 316 g/mol. The van der Waals surface area contributed by atoms with Gasteiger partial charge in [-0.3, -0.25) is 4.79 Å². The van der Waals surface area contributed by atoms with Crippen molar-refractivity contribution in [2.24, 2.45) is 11.8 Å². The molecule has 2 fully saturated rings. The maximum absolute atomic E-state index is 12.5. The maximum atomic E-state index is 12.5. The number of rotatable bonds is 3. The summed E-state index contributed by atoms with van der Waals surface area (Å²) in [4.78, 5) is 12.5. The topological polar surface area (TPSA) is 70.6 Å². The highest BCUT2D eigenvalue weighted by Gasteiger charge is 2.60. The summed E-state index contributed by atoms with van der Waals surface area (Å²) in [6.07, 6.45) is 1.47. The highest BCUT2D eigenvalue weighted by molar-refractivity contribution is 5.85. The van der Waals surface area contributed by atoms with Crippen molar-refractivity contribution in [1.82, 2.24) is 10.6 Å². The smallest absolute Gasteiger partial charge is 0.224 e. The molecule has 1 amide bonds. The van der Waals surface area contributed by atoms with Crippen molar-refractivity contribution in [3.63, 3.8) is 0 Å². The van der Waals surface area contributed by atoms with Crippen LogP contribution in [0.1, 0.15) is 18.4 Å². The van der Waals surface area contributed by atoms with Crippen LogP contribution in [0, 0.1) is 11.8 Å². The standard InChI is InChI=1S/C17H22N2O3.ClH/c20-14-10-18-8-11(14)9-19-16(21)13-7-17(13)5-6-22-15-4-2-1-3-12(15)17;/h1-4,11,13-14,18,20H,5-10H2,(H,19,21);1H. The van der Waals surface area contributed by atoms with E-state index in [9.17, 15) is 9.90 Å². The van der Waals surface area contributed by atoms with Crippen LogP contribution in [-0.4, -0.2) is 43.4 Å². The number of β-amino-alcohol motifs (C(OH)–C–C–N with tert-alkyl or cyclic N) is 1. The van der Waals surface area contributed by atoms with Crippen molar-refractivity contribution in [2.75, 3.05) is 26.2 Å². The third kappa shape index (κ3) is 2.82. The number of halogens is 1. The molecule has 23 heavy (non-hydrogen) atoms. The quantitative estimate of drug-likeness (QED) is 0.764. The van der Waals surface area contributed by atoms with Gasteiger partial charge in [-0.2, -0.15) is 0 Å². The van der Waals surface area contributed by atoms with Crippen LogP contribution in [0.4, 0.5) is 0 Å². The average Bonchev–Trinajstić information content (AvgIpc) is 3.10. The van der Waals surface area contributed by atoms with Crippen LogP contribution in [0.3, 0.4) is 0 Å². The van der Waals surface area contributed by atoms with Gasteiger partial charge in [-0.05, 0) is 18.9 Å². The second kappa shape index (κ2) is 6.30. The molecule has 3 N–H and O–H groups in total. The molecule has 4 atom stereocenters. The zero-order valence-electron chi connectivity index (χ0n) is 13.0. The third-order valence-corrected chi connectivity index (χ3v) is 5.46. The molecule has 126 valence electrons. The van der Waals surface area contributed by atoms with Gasteiger partial charge < -0.3 is 20.5 Å². The summed E-state index contributed by atoms with van der Waals surface area (Å²) in [6, 6.07) is 8.07. The molecule has 1 saturated heterocycles. The number of carbonyl (C=O) groups excluding carboxylic acids is 1. The van der Waals surface area contributed by atoms with Gasteiger partial charge in [0.2, 0.25) is 5.91 Å². The van der Waals surface area contributed by atoms with Gasteiger partial charge in [-0.25, -0.2) is 0 Å². The number of nitrogens with one attached hydrogen (secondary N) is 2. The molecule has 4 rings (SSSR count). The number of amides is 1. The number of fused-ring (bicyclic) bond motifs is 2. The molecule has 0 bridgehead atoms. The lowest BCUT2D eigenvalue weighted by molar-refractivity contribution is -0.123. The second-order valence-corrected chi connectivity index (χ2v) is 6.74. The van der Waals surface area contributed by atoms with E-state index in [2.05, 4.69) is 16.7 Å². The van der Waals surface area contributed by atoms with Gasteiger partial charge in [-0.15, -0.1) is 12.4 Å². The molecule has 2 aliphatic heterocycles. The van der Waals surface area contributed by atoms with E-state index in [4.69, 9.17) is 4.74 Å². The lowest BCUT2D eigenvalue weighted by atomic mass is 9.87. The first-order valence-electron chi connectivity index (χ1n) is 8.09. The van der Waals surface area contributed by atoms with Crippen molar-refractivity contribution in [2.45, 2.75) is 24.4 Å². The Morgan fingerprint density at radius 2 is 2.22 bits per heavy atom. The first-order chi connectivity index (χ1) is 10.7. The Kier molecular flexibility index (Phi) is 4.54. The molecule has 3 aliphatic rings. The molecule has 2 heterocycles. The Morgan fingerprint density at radius 1 is 1.39 bits per heavy atom. The van der Waals surface area contributed by atoms with Crippen molar-refractivity contribution in [1.29, 1.82) is 0 Å². The lowest BCUT2D eigenvalue weighted by Crippen LogP contribution is -2.37. The number of para-hydroxylation sites is 1. The van der Waals surface area contributed by atoms with Crippen molar-refractivity contribution in [3.05, 3.63) is 29.8 Å². The number of hydrogen-bond acceptors (Lipinski definition) is 4. The summed E-state index contributed by atoms with van der Waals surface area (Å²) in [5, 5.41) is 16.0. The van der Waals surface area contributed by atoms with Crippen molar-refractivity contribution in [3.8, 4) is 5.75 Å². The molecule has 1 saturated carbocycles. The minimum Gasteiger partial charge on any atom is -0.493 e. The van der Waals surface area contributed by atoms with Crippen LogP contribution in [0.25, 0.3) is 0 Å². The zero-order chi connectivity index (χ0) is 15.2. The summed E-state index contributed by atoms with van der Waals surface area (Å²) in [5.74, 6) is 1.22. The summed E-state index contributed by atoms with van der Waals surface area (Å²) in [7, 11) is 0. The molecule has 1 aliphatic carbocycles. The van der Waals surface area contributed by atoms with E-state index in [0.717, 1.165) is 25.1 Å². The monoisotopic (exact) mass is 338 g/mol. The van der Waals surface area contributed by atoms with E-state index in [1.165, 1.54) is 5.56 Å². The Morgan fingerprint density at radius 3 is 3.00 bits per heavy atom. The number of aliphatic hydroxyl groups is 1. The van der Waals surface area contributed by atoms with Crippen molar-refractivity contribution < 1.29 is 14.6 Å². The highest BCUT2D eigenvalue weighted by atomic mass is 35.5. The molecular formula is C17H23ClN2O3. The SMILES string of the molecule is Cl.O=C(NCC1CNCC1O)C1CC12CCOc1ccccc12. The number of carbonyl (C=O) groups is 1. The number of benzene rings is 1. The highest BCUT2D eigenvalue weighted by Crippen LogP contribution is 2.60. The molecule has 1 aromatic rings. The van der Waals surface area contributed by atoms with Gasteiger partial charge in [0.05, 0.1) is 12.7 Å². The van der Waals surface area contributed by atoms with E-state index in [1.807, 2.05) is 18.2 Å². The molecule has 4 unspecified atom stereocenters. The number of hydrogen-bond donors (Lipinski definition) is 3. The van der Waals surface area contributed by atoms with Crippen LogP contribution < -0.4 is 15.4 Å². The minimum absolute atomic E-state index is 0. The van der Waals surface area contributed by atoms with Gasteiger partial charge in [-0.1, -0.05) is 18.2 Å². The number of ether oxygens (including phenoxy) is 1. The molecule has 1 spiro atoms. The van der Waals surface area contributed by atoms with E-state index in [-0.39, 0.29) is 41.7 Å². The lowest BCUT2D eigenvalue weighted by Gasteiger charge is -2.26. The fraction of sp³-hybridized carbons (Fsp3) is 0.588. The van der Waals surface area contributed by atoms with E-state index in [1.54, 1.807) is 0 Å². The predicted octanol–water partition coefficient (Wildman–Crippen LogP) is 0.845.